The van der Waals surface area contributed by atoms with E-state index in [4.69, 9.17) is 9.47 Å². The summed E-state index contributed by atoms with van der Waals surface area (Å²) in [6, 6.07) is 13.3. The summed E-state index contributed by atoms with van der Waals surface area (Å²) < 4.78 is 12.0. The van der Waals surface area contributed by atoms with E-state index in [-0.39, 0.29) is 5.78 Å². The lowest BCUT2D eigenvalue weighted by atomic mass is 10.0. The average molecular weight is 347 g/mol. The van der Waals surface area contributed by atoms with Crippen LogP contribution >= 0.6 is 15.9 Å². The van der Waals surface area contributed by atoms with E-state index in [2.05, 4.69) is 15.9 Å². The zero-order valence-electron chi connectivity index (χ0n) is 11.5. The Morgan fingerprint density at radius 2 is 1.71 bits per heavy atom. The number of Topliss-reactive ketones (excluding diaryl/α,β-unsaturated/α-hetero) is 1. The summed E-state index contributed by atoms with van der Waals surface area (Å²) in [5.41, 5.74) is 1.63. The summed E-state index contributed by atoms with van der Waals surface area (Å²) >= 11 is 3.46. The molecule has 0 aliphatic carbocycles. The highest BCUT2D eigenvalue weighted by atomic mass is 79.9. The third kappa shape index (κ3) is 3.27. The SMILES string of the molecule is O=C(Cc1ccccc1)c1cc2c(cc1Br)OCCCO2. The van der Waals surface area contributed by atoms with E-state index in [0.717, 1.165) is 16.5 Å². The van der Waals surface area contributed by atoms with Crippen molar-refractivity contribution in [2.75, 3.05) is 13.2 Å². The number of hydrogen-bond donors (Lipinski definition) is 0. The second-order valence-corrected chi connectivity index (χ2v) is 5.77. The van der Waals surface area contributed by atoms with Crippen LogP contribution in [0.2, 0.25) is 0 Å². The van der Waals surface area contributed by atoms with Gasteiger partial charge >= 0.3 is 0 Å². The summed E-state index contributed by atoms with van der Waals surface area (Å²) in [7, 11) is 0. The fraction of sp³-hybridized carbons (Fsp3) is 0.235. The molecule has 0 amide bonds. The van der Waals surface area contributed by atoms with Crippen LogP contribution in [0.15, 0.2) is 46.9 Å². The highest BCUT2D eigenvalue weighted by Crippen LogP contribution is 2.35. The number of hydrogen-bond acceptors (Lipinski definition) is 3. The number of rotatable bonds is 3. The van der Waals surface area contributed by atoms with Crippen molar-refractivity contribution in [2.45, 2.75) is 12.8 Å². The van der Waals surface area contributed by atoms with E-state index in [0.29, 0.717) is 36.7 Å². The fourth-order valence-corrected chi connectivity index (χ4v) is 2.82. The van der Waals surface area contributed by atoms with Crippen LogP contribution in [-0.2, 0) is 6.42 Å². The van der Waals surface area contributed by atoms with Crippen LogP contribution < -0.4 is 9.47 Å². The Balaban J connectivity index is 1.88. The molecule has 0 bridgehead atoms. The summed E-state index contributed by atoms with van der Waals surface area (Å²) in [5, 5.41) is 0. The van der Waals surface area contributed by atoms with Crippen molar-refractivity contribution in [2.24, 2.45) is 0 Å². The van der Waals surface area contributed by atoms with E-state index in [1.54, 1.807) is 6.07 Å². The first kappa shape index (κ1) is 14.1. The second-order valence-electron chi connectivity index (χ2n) is 4.91. The monoisotopic (exact) mass is 346 g/mol. The van der Waals surface area contributed by atoms with Crippen LogP contribution in [0.4, 0.5) is 0 Å². The largest absolute Gasteiger partial charge is 0.490 e. The minimum atomic E-state index is 0.0590. The van der Waals surface area contributed by atoms with Gasteiger partial charge in [0.25, 0.3) is 0 Å². The summed E-state index contributed by atoms with van der Waals surface area (Å²) in [4.78, 5) is 12.5. The molecule has 108 valence electrons. The van der Waals surface area contributed by atoms with Gasteiger partial charge in [-0.1, -0.05) is 30.3 Å². The van der Waals surface area contributed by atoms with Crippen LogP contribution in [-0.4, -0.2) is 19.0 Å². The molecule has 0 unspecified atom stereocenters. The van der Waals surface area contributed by atoms with Crippen LogP contribution in [0, 0.1) is 0 Å². The lowest BCUT2D eigenvalue weighted by Gasteiger charge is -2.11. The minimum Gasteiger partial charge on any atom is -0.490 e. The van der Waals surface area contributed by atoms with E-state index in [1.165, 1.54) is 0 Å². The molecule has 0 aromatic heterocycles. The van der Waals surface area contributed by atoms with Crippen LogP contribution in [0.3, 0.4) is 0 Å². The molecule has 2 aromatic carbocycles. The Kier molecular flexibility index (Phi) is 4.25. The fourth-order valence-electron chi connectivity index (χ4n) is 2.27. The molecule has 3 rings (SSSR count). The van der Waals surface area contributed by atoms with Gasteiger partial charge in [0.1, 0.15) is 0 Å². The Labute approximate surface area is 132 Å². The molecule has 1 aliphatic heterocycles. The third-order valence-electron chi connectivity index (χ3n) is 3.35. The molecule has 4 heteroatoms. The predicted octanol–water partition coefficient (Wildman–Crippen LogP) is 4.04. The lowest BCUT2D eigenvalue weighted by Crippen LogP contribution is -2.05. The van der Waals surface area contributed by atoms with Crippen molar-refractivity contribution in [3.63, 3.8) is 0 Å². The Bertz CT molecular complexity index is 653. The van der Waals surface area contributed by atoms with Crippen molar-refractivity contribution in [3.05, 3.63) is 58.1 Å². The third-order valence-corrected chi connectivity index (χ3v) is 4.00. The number of carbonyl (C=O) groups is 1. The van der Waals surface area contributed by atoms with E-state index >= 15 is 0 Å². The first-order valence-corrected chi connectivity index (χ1v) is 7.69. The van der Waals surface area contributed by atoms with Crippen molar-refractivity contribution in [1.29, 1.82) is 0 Å². The highest BCUT2D eigenvalue weighted by molar-refractivity contribution is 9.10. The molecular formula is C17H15BrO3. The van der Waals surface area contributed by atoms with Gasteiger partial charge in [-0.05, 0) is 33.6 Å². The lowest BCUT2D eigenvalue weighted by molar-refractivity contribution is 0.0992. The second kappa shape index (κ2) is 6.31. The summed E-state index contributed by atoms with van der Waals surface area (Å²) in [6.45, 7) is 1.25. The molecule has 0 saturated heterocycles. The maximum Gasteiger partial charge on any atom is 0.168 e. The van der Waals surface area contributed by atoms with Gasteiger partial charge in [-0.25, -0.2) is 0 Å². The first-order chi connectivity index (χ1) is 10.2. The van der Waals surface area contributed by atoms with Crippen molar-refractivity contribution in [1.82, 2.24) is 0 Å². The van der Waals surface area contributed by atoms with Gasteiger partial charge in [-0.15, -0.1) is 0 Å². The van der Waals surface area contributed by atoms with Crippen LogP contribution in [0.1, 0.15) is 22.3 Å². The molecule has 0 atom stereocenters. The van der Waals surface area contributed by atoms with Gasteiger partial charge in [0, 0.05) is 22.9 Å². The number of fused-ring (bicyclic) bond motifs is 1. The van der Waals surface area contributed by atoms with E-state index in [1.807, 2.05) is 36.4 Å². The maximum atomic E-state index is 12.5. The molecule has 0 spiro atoms. The normalized spacial score (nSPS) is 13.6. The number of carbonyl (C=O) groups excluding carboxylic acids is 1. The summed E-state index contributed by atoms with van der Waals surface area (Å²) in [6.07, 6.45) is 1.22. The molecule has 21 heavy (non-hydrogen) atoms. The van der Waals surface area contributed by atoms with Gasteiger partial charge in [0.15, 0.2) is 17.3 Å². The number of ether oxygens (including phenoxy) is 2. The smallest absolute Gasteiger partial charge is 0.168 e. The molecule has 0 radical (unpaired) electrons. The zero-order valence-corrected chi connectivity index (χ0v) is 13.1. The number of benzene rings is 2. The van der Waals surface area contributed by atoms with Gasteiger partial charge in [0.05, 0.1) is 13.2 Å². The van der Waals surface area contributed by atoms with E-state index < -0.39 is 0 Å². The minimum absolute atomic E-state index is 0.0590. The molecule has 0 N–H and O–H groups in total. The van der Waals surface area contributed by atoms with Crippen LogP contribution in [0.5, 0.6) is 11.5 Å². The quantitative estimate of drug-likeness (QED) is 0.787. The molecule has 1 aliphatic rings. The van der Waals surface area contributed by atoms with Crippen molar-refractivity contribution in [3.8, 4) is 11.5 Å². The molecular weight excluding hydrogens is 332 g/mol. The van der Waals surface area contributed by atoms with E-state index in [9.17, 15) is 4.79 Å². The van der Waals surface area contributed by atoms with Gasteiger partial charge < -0.3 is 9.47 Å². The average Bonchev–Trinajstić information content (AvgIpc) is 2.72. The van der Waals surface area contributed by atoms with Crippen molar-refractivity contribution < 1.29 is 14.3 Å². The Hall–Kier alpha value is -1.81. The van der Waals surface area contributed by atoms with Gasteiger partial charge in [0.2, 0.25) is 0 Å². The summed E-state index contributed by atoms with van der Waals surface area (Å²) in [5.74, 6) is 1.39. The van der Waals surface area contributed by atoms with Crippen molar-refractivity contribution >= 4 is 21.7 Å². The van der Waals surface area contributed by atoms with Crippen LogP contribution in [0.25, 0.3) is 0 Å². The number of halogens is 1. The number of ketones is 1. The Morgan fingerprint density at radius 1 is 1.05 bits per heavy atom. The van der Waals surface area contributed by atoms with Gasteiger partial charge in [-0.3, -0.25) is 4.79 Å². The molecule has 0 saturated carbocycles. The predicted molar refractivity (Wildman–Crippen MR) is 84.2 cm³/mol. The Morgan fingerprint density at radius 3 is 2.43 bits per heavy atom. The molecule has 1 heterocycles. The molecule has 3 nitrogen and oxygen atoms in total. The first-order valence-electron chi connectivity index (χ1n) is 6.90. The maximum absolute atomic E-state index is 12.5. The molecule has 2 aromatic rings. The standard InChI is InChI=1S/C17H15BrO3/c18-14-11-17-16(20-7-4-8-21-17)10-13(14)15(19)9-12-5-2-1-3-6-12/h1-3,5-6,10-11H,4,7-9H2. The van der Waals surface area contributed by atoms with Gasteiger partial charge in [-0.2, -0.15) is 0 Å². The topological polar surface area (TPSA) is 35.5 Å². The molecule has 0 fully saturated rings. The zero-order chi connectivity index (χ0) is 14.7. The highest BCUT2D eigenvalue weighted by Gasteiger charge is 2.18.